The summed E-state index contributed by atoms with van der Waals surface area (Å²) >= 11 is 6.56. The van der Waals surface area contributed by atoms with Crippen LogP contribution in [0.25, 0.3) is 0 Å². The number of aliphatic hydroxyl groups is 1. The molecule has 0 aliphatic heterocycles. The number of unbranched alkanes of at least 4 members (excludes halogenated alkanes) is 1. The van der Waals surface area contributed by atoms with Crippen molar-refractivity contribution in [3.63, 3.8) is 0 Å². The number of methoxy groups -OCH3 is 1. The van der Waals surface area contributed by atoms with Crippen LogP contribution >= 0.6 is 11.6 Å². The lowest BCUT2D eigenvalue weighted by atomic mass is 9.76. The van der Waals surface area contributed by atoms with Crippen LogP contribution in [-0.4, -0.2) is 37.3 Å². The number of hydrogen-bond donors (Lipinski definition) is 1. The quantitative estimate of drug-likeness (QED) is 0.0936. The molecule has 4 aromatic carbocycles. The van der Waals surface area contributed by atoms with Gasteiger partial charge in [-0.1, -0.05) is 134 Å². The number of esters is 1. The first kappa shape index (κ1) is 33.9. The molecule has 0 fully saturated rings. The van der Waals surface area contributed by atoms with E-state index in [0.717, 1.165) is 47.3 Å². The van der Waals surface area contributed by atoms with E-state index in [1.807, 2.05) is 96.0 Å². The Labute approximate surface area is 292 Å². The molecule has 8 heteroatoms. The maximum absolute atomic E-state index is 13.4. The Morgan fingerprint density at radius 2 is 1.43 bits per heavy atom. The molecule has 0 saturated heterocycles. The number of halogens is 1. The van der Waals surface area contributed by atoms with Crippen LogP contribution in [0.2, 0.25) is 5.02 Å². The number of hydrogen-bond acceptors (Lipinski definition) is 5. The van der Waals surface area contributed by atoms with Crippen molar-refractivity contribution in [2.45, 2.75) is 50.8 Å². The maximum atomic E-state index is 13.4. The third-order valence-electron chi connectivity index (χ3n) is 9.22. The van der Waals surface area contributed by atoms with Gasteiger partial charge in [0.05, 0.1) is 43.5 Å². The predicted molar refractivity (Wildman–Crippen MR) is 192 cm³/mol. The molecule has 250 valence electrons. The average Bonchev–Trinajstić information content (AvgIpc) is 3.79. The molecule has 0 aliphatic rings. The molecular formula is C41H41ClN4O3. The lowest BCUT2D eigenvalue weighted by Crippen LogP contribution is -2.37. The van der Waals surface area contributed by atoms with Gasteiger partial charge in [-0.05, 0) is 34.7 Å². The van der Waals surface area contributed by atoms with Gasteiger partial charge in [0.25, 0.3) is 0 Å². The summed E-state index contributed by atoms with van der Waals surface area (Å²) in [6, 6.07) is 38.6. The highest BCUT2D eigenvalue weighted by molar-refractivity contribution is 6.31. The highest BCUT2D eigenvalue weighted by Gasteiger charge is 2.39. The summed E-state index contributed by atoms with van der Waals surface area (Å²) in [7, 11) is 1.35. The van der Waals surface area contributed by atoms with Crippen molar-refractivity contribution >= 4 is 17.6 Å². The molecule has 2 atom stereocenters. The molecule has 2 aromatic heterocycles. The van der Waals surface area contributed by atoms with E-state index < -0.39 is 23.5 Å². The Bertz CT molecular complexity index is 1860. The molecule has 2 heterocycles. The second-order valence-electron chi connectivity index (χ2n) is 12.2. The molecule has 0 bridgehead atoms. The summed E-state index contributed by atoms with van der Waals surface area (Å²) in [4.78, 5) is 23.0. The molecule has 0 spiro atoms. The fourth-order valence-electron chi connectivity index (χ4n) is 6.72. The summed E-state index contributed by atoms with van der Waals surface area (Å²) in [6.07, 6.45) is 7.09. The number of ether oxygens (including phenoxy) is 1. The number of aryl methyl sites for hydroxylation is 1. The monoisotopic (exact) mass is 672 g/mol. The van der Waals surface area contributed by atoms with Crippen molar-refractivity contribution in [3.05, 3.63) is 178 Å². The average molecular weight is 673 g/mol. The molecule has 0 saturated carbocycles. The number of benzene rings is 4. The zero-order chi connectivity index (χ0) is 34.2. The van der Waals surface area contributed by atoms with Crippen LogP contribution in [0, 0.1) is 5.92 Å². The first-order chi connectivity index (χ1) is 24.0. The topological polar surface area (TPSA) is 82.2 Å². The fraction of sp³-hybridized carbons (Fsp3) is 0.244. The molecule has 2 unspecified atom stereocenters. The van der Waals surface area contributed by atoms with E-state index in [0.29, 0.717) is 23.0 Å². The highest BCUT2D eigenvalue weighted by Crippen LogP contribution is 2.41. The predicted octanol–water partition coefficient (Wildman–Crippen LogP) is 8.03. The van der Waals surface area contributed by atoms with Crippen molar-refractivity contribution in [2.75, 3.05) is 7.11 Å². The third kappa shape index (κ3) is 6.95. The van der Waals surface area contributed by atoms with Crippen LogP contribution in [-0.2, 0) is 34.5 Å². The summed E-state index contributed by atoms with van der Waals surface area (Å²) in [5.41, 5.74) is 4.51. The standard InChI is InChI=1S/C41H41ClN4O3/c1-3-4-24-38-43-26-37(46(38)27-30-16-14-15-23-36(30)42)39(47)35(40(48)49-2)25-34-28-45(29-44-34)41(31-17-8-5-9-18-31,32-19-10-6-11-20-32)33-21-12-7-13-22-33/h5-23,26,28-29,35,39,47H,3-4,24-25,27H2,1-2H3. The van der Waals surface area contributed by atoms with Gasteiger partial charge in [0, 0.05) is 24.1 Å². The smallest absolute Gasteiger partial charge is 0.312 e. The SMILES string of the molecule is CCCCc1ncc(C(O)C(Cc2cn(C(c3ccccc3)(c3ccccc3)c3ccccc3)cn2)C(=O)OC)n1Cc1ccccc1Cl. The first-order valence-corrected chi connectivity index (χ1v) is 17.1. The molecule has 0 aliphatic carbocycles. The Morgan fingerprint density at radius 3 is 1.98 bits per heavy atom. The van der Waals surface area contributed by atoms with Crippen molar-refractivity contribution < 1.29 is 14.6 Å². The minimum absolute atomic E-state index is 0.150. The zero-order valence-electron chi connectivity index (χ0n) is 27.8. The summed E-state index contributed by atoms with van der Waals surface area (Å²) < 4.78 is 9.37. The van der Waals surface area contributed by atoms with Crippen LogP contribution in [0.5, 0.6) is 0 Å². The molecule has 49 heavy (non-hydrogen) atoms. The number of aliphatic hydroxyl groups excluding tert-OH is 1. The maximum Gasteiger partial charge on any atom is 0.312 e. The van der Waals surface area contributed by atoms with E-state index in [9.17, 15) is 9.90 Å². The second kappa shape index (κ2) is 15.5. The van der Waals surface area contributed by atoms with Gasteiger partial charge in [-0.3, -0.25) is 4.79 Å². The van der Waals surface area contributed by atoms with Gasteiger partial charge in [-0.2, -0.15) is 0 Å². The molecular weight excluding hydrogens is 632 g/mol. The minimum Gasteiger partial charge on any atom is -0.469 e. The number of carbonyl (C=O) groups is 1. The second-order valence-corrected chi connectivity index (χ2v) is 12.6. The summed E-state index contributed by atoms with van der Waals surface area (Å²) in [6.45, 7) is 2.55. The van der Waals surface area contributed by atoms with E-state index in [4.69, 9.17) is 26.3 Å². The van der Waals surface area contributed by atoms with Crippen LogP contribution in [0.15, 0.2) is 134 Å². The van der Waals surface area contributed by atoms with Gasteiger partial charge >= 0.3 is 5.97 Å². The van der Waals surface area contributed by atoms with E-state index in [1.165, 1.54) is 7.11 Å². The van der Waals surface area contributed by atoms with Gasteiger partial charge in [0.15, 0.2) is 0 Å². The summed E-state index contributed by atoms with van der Waals surface area (Å²) in [5.74, 6) is -0.626. The Balaban J connectivity index is 1.41. The van der Waals surface area contributed by atoms with E-state index in [1.54, 1.807) is 6.20 Å². The highest BCUT2D eigenvalue weighted by atomic mass is 35.5. The van der Waals surface area contributed by atoms with Gasteiger partial charge in [0.1, 0.15) is 17.5 Å². The van der Waals surface area contributed by atoms with Gasteiger partial charge < -0.3 is 19.0 Å². The lowest BCUT2D eigenvalue weighted by molar-refractivity contribution is -0.149. The van der Waals surface area contributed by atoms with Crippen LogP contribution in [0.1, 0.15) is 65.3 Å². The van der Waals surface area contributed by atoms with Crippen LogP contribution in [0.3, 0.4) is 0 Å². The van der Waals surface area contributed by atoms with E-state index in [-0.39, 0.29) is 6.42 Å². The van der Waals surface area contributed by atoms with E-state index >= 15 is 0 Å². The fourth-order valence-corrected chi connectivity index (χ4v) is 6.92. The van der Waals surface area contributed by atoms with Crippen LogP contribution < -0.4 is 0 Å². The lowest BCUT2D eigenvalue weighted by Gasteiger charge is -2.37. The Hall–Kier alpha value is -4.98. The number of imidazole rings is 2. The molecule has 0 radical (unpaired) electrons. The molecule has 6 aromatic rings. The molecule has 6 rings (SSSR count). The zero-order valence-corrected chi connectivity index (χ0v) is 28.6. The third-order valence-corrected chi connectivity index (χ3v) is 9.59. The van der Waals surface area contributed by atoms with Crippen molar-refractivity contribution in [1.29, 1.82) is 0 Å². The Morgan fingerprint density at radius 1 is 0.857 bits per heavy atom. The number of nitrogens with zero attached hydrogens (tertiary/aromatic N) is 4. The molecule has 1 N–H and O–H groups in total. The summed E-state index contributed by atoms with van der Waals surface area (Å²) in [5, 5.41) is 12.6. The van der Waals surface area contributed by atoms with Gasteiger partial charge in [-0.25, -0.2) is 9.97 Å². The van der Waals surface area contributed by atoms with Crippen molar-refractivity contribution in [1.82, 2.24) is 19.1 Å². The number of rotatable bonds is 14. The molecule has 0 amide bonds. The van der Waals surface area contributed by atoms with Gasteiger partial charge in [0.2, 0.25) is 0 Å². The Kier molecular flexibility index (Phi) is 10.7. The van der Waals surface area contributed by atoms with E-state index in [2.05, 4.69) is 47.9 Å². The van der Waals surface area contributed by atoms with Crippen molar-refractivity contribution in [3.8, 4) is 0 Å². The normalized spacial score (nSPS) is 12.8. The largest absolute Gasteiger partial charge is 0.469 e. The minimum atomic E-state index is -1.20. The number of aromatic nitrogens is 4. The first-order valence-electron chi connectivity index (χ1n) is 16.7. The number of carbonyl (C=O) groups excluding carboxylic acids is 1. The van der Waals surface area contributed by atoms with Gasteiger partial charge in [-0.15, -0.1) is 0 Å². The molecule has 7 nitrogen and oxygen atoms in total. The van der Waals surface area contributed by atoms with Crippen molar-refractivity contribution in [2.24, 2.45) is 5.92 Å². The van der Waals surface area contributed by atoms with Crippen LogP contribution in [0.4, 0.5) is 0 Å².